The molecule has 0 aromatic heterocycles. The van der Waals surface area contributed by atoms with Gasteiger partial charge in [-0.25, -0.2) is 0 Å². The Morgan fingerprint density at radius 1 is 1.53 bits per heavy atom. The molecule has 1 aromatic rings. The molecular weight excluding hydrogens is 252 g/mol. The molecule has 0 bridgehead atoms. The molecule has 3 N–H and O–H groups in total. The fourth-order valence-corrected chi connectivity index (χ4v) is 1.38. The van der Waals surface area contributed by atoms with E-state index in [9.17, 15) is 10.1 Å². The normalized spacial score (nSPS) is 9.74. The number of nitrogens with two attached hydrogens (primary N) is 1. The molecule has 0 unspecified atom stereocenters. The molecule has 102 valence electrons. The average molecular weight is 266 g/mol. The minimum absolute atomic E-state index is 0.149. The lowest BCUT2D eigenvalue weighted by Crippen LogP contribution is -2.14. The van der Waals surface area contributed by atoms with Gasteiger partial charge in [-0.1, -0.05) is 11.2 Å². The number of rotatable bonds is 8. The fourth-order valence-electron chi connectivity index (χ4n) is 1.38. The molecule has 0 spiro atoms. The van der Waals surface area contributed by atoms with Gasteiger partial charge in [0.1, 0.15) is 5.69 Å². The molecule has 0 saturated heterocycles. The molecule has 0 amide bonds. The quantitative estimate of drug-likeness (QED) is 0.185. The van der Waals surface area contributed by atoms with Crippen LogP contribution in [0.2, 0.25) is 0 Å². The predicted molar refractivity (Wildman–Crippen MR) is 70.3 cm³/mol. The van der Waals surface area contributed by atoms with Crippen LogP contribution in [0, 0.1) is 10.1 Å². The van der Waals surface area contributed by atoms with Gasteiger partial charge in [-0.05, 0) is 11.6 Å². The Bertz CT molecular complexity index is 486. The summed E-state index contributed by atoms with van der Waals surface area (Å²) in [6.07, 6.45) is 0. The van der Waals surface area contributed by atoms with Crippen LogP contribution in [-0.4, -0.2) is 31.2 Å². The smallest absolute Gasteiger partial charge is 0.292 e. The van der Waals surface area contributed by atoms with E-state index in [1.54, 1.807) is 0 Å². The molecule has 1 rings (SSSR count). The second kappa shape index (κ2) is 7.88. The fraction of sp³-hybridized carbons (Fsp3) is 0.400. The van der Waals surface area contributed by atoms with E-state index >= 15 is 0 Å². The first-order valence-electron chi connectivity index (χ1n) is 5.54. The third-order valence-corrected chi connectivity index (χ3v) is 2.16. The van der Waals surface area contributed by atoms with Gasteiger partial charge in [-0.15, -0.1) is 0 Å². The summed E-state index contributed by atoms with van der Waals surface area (Å²) in [4.78, 5) is 12.9. The van der Waals surface area contributed by atoms with E-state index in [1.165, 1.54) is 18.2 Å². The Morgan fingerprint density at radius 3 is 2.95 bits per heavy atom. The molecule has 1 aromatic carbocycles. The average Bonchev–Trinajstić information content (AvgIpc) is 2.40. The molecule has 0 fully saturated rings. The third-order valence-electron chi connectivity index (χ3n) is 2.16. The lowest BCUT2D eigenvalue weighted by molar-refractivity contribution is -0.383. The number of benzene rings is 1. The molecule has 0 saturated carbocycles. The van der Waals surface area contributed by atoms with Crippen molar-refractivity contribution < 1.29 is 9.66 Å². The summed E-state index contributed by atoms with van der Waals surface area (Å²) in [5.74, 6) is 0. The minimum Gasteiger partial charge on any atom is -0.378 e. The number of nitro benzene ring substituents is 1. The van der Waals surface area contributed by atoms with Crippen LogP contribution in [0.1, 0.15) is 0 Å². The van der Waals surface area contributed by atoms with E-state index in [4.69, 9.17) is 16.0 Å². The lowest BCUT2D eigenvalue weighted by Gasteiger charge is -2.07. The van der Waals surface area contributed by atoms with Crippen molar-refractivity contribution in [2.24, 2.45) is 10.8 Å². The molecule has 9 nitrogen and oxygen atoms in total. The Labute approximate surface area is 109 Å². The molecule has 0 aliphatic heterocycles. The SMILES string of the molecule is [N-]=[N+]=Nc1ccc(NCCOCCN)c([N+](=O)[O-])c1. The predicted octanol–water partition coefficient (Wildman–Crippen LogP) is 1.92. The minimum atomic E-state index is -0.542. The Balaban J connectivity index is 2.71. The van der Waals surface area contributed by atoms with Crippen molar-refractivity contribution in [2.45, 2.75) is 0 Å². The number of hydrogen-bond acceptors (Lipinski definition) is 6. The Kier molecular flexibility index (Phi) is 6.10. The van der Waals surface area contributed by atoms with Crippen LogP contribution in [0.25, 0.3) is 10.4 Å². The molecule has 0 atom stereocenters. The third kappa shape index (κ3) is 4.80. The first-order valence-corrected chi connectivity index (χ1v) is 5.54. The van der Waals surface area contributed by atoms with Gasteiger partial charge < -0.3 is 15.8 Å². The first kappa shape index (κ1) is 14.7. The zero-order valence-corrected chi connectivity index (χ0v) is 10.2. The number of nitro groups is 1. The largest absolute Gasteiger partial charge is 0.378 e. The standard InChI is InChI=1S/C10H14N6O3/c11-3-5-19-6-4-13-9-2-1-8(14-15-12)7-10(9)16(17)18/h1-2,7,13H,3-6,11H2. The topological polar surface area (TPSA) is 139 Å². The van der Waals surface area contributed by atoms with Crippen LogP contribution in [-0.2, 0) is 4.74 Å². The second-order valence-corrected chi connectivity index (χ2v) is 3.48. The lowest BCUT2D eigenvalue weighted by atomic mass is 10.2. The number of nitrogens with one attached hydrogen (secondary N) is 1. The van der Waals surface area contributed by atoms with Gasteiger partial charge in [-0.3, -0.25) is 10.1 Å². The number of azide groups is 1. The highest BCUT2D eigenvalue weighted by Gasteiger charge is 2.13. The zero-order valence-electron chi connectivity index (χ0n) is 10.2. The van der Waals surface area contributed by atoms with Crippen LogP contribution < -0.4 is 11.1 Å². The van der Waals surface area contributed by atoms with Crippen molar-refractivity contribution in [2.75, 3.05) is 31.6 Å². The maximum atomic E-state index is 10.9. The van der Waals surface area contributed by atoms with Crippen LogP contribution in [0.15, 0.2) is 23.3 Å². The van der Waals surface area contributed by atoms with Crippen LogP contribution >= 0.6 is 0 Å². The molecule has 19 heavy (non-hydrogen) atoms. The summed E-state index contributed by atoms with van der Waals surface area (Å²) in [6, 6.07) is 4.20. The summed E-state index contributed by atoms with van der Waals surface area (Å²) in [7, 11) is 0. The molecule has 0 aliphatic carbocycles. The number of anilines is 1. The molecule has 0 aliphatic rings. The highest BCUT2D eigenvalue weighted by molar-refractivity contribution is 5.66. The molecule has 9 heteroatoms. The van der Waals surface area contributed by atoms with Gasteiger partial charge in [0.25, 0.3) is 5.69 Å². The van der Waals surface area contributed by atoms with Gasteiger partial charge in [-0.2, -0.15) is 0 Å². The van der Waals surface area contributed by atoms with Crippen molar-refractivity contribution in [3.63, 3.8) is 0 Å². The van der Waals surface area contributed by atoms with Gasteiger partial charge >= 0.3 is 0 Å². The summed E-state index contributed by atoms with van der Waals surface area (Å²) < 4.78 is 5.14. The van der Waals surface area contributed by atoms with E-state index in [-0.39, 0.29) is 11.4 Å². The summed E-state index contributed by atoms with van der Waals surface area (Å²) in [6.45, 7) is 1.69. The zero-order chi connectivity index (χ0) is 14.1. The van der Waals surface area contributed by atoms with E-state index in [0.29, 0.717) is 32.0 Å². The van der Waals surface area contributed by atoms with E-state index in [0.717, 1.165) is 0 Å². The van der Waals surface area contributed by atoms with E-state index in [2.05, 4.69) is 15.3 Å². The van der Waals surface area contributed by atoms with Crippen molar-refractivity contribution in [3.05, 3.63) is 38.8 Å². The first-order chi connectivity index (χ1) is 9.19. The highest BCUT2D eigenvalue weighted by atomic mass is 16.6. The summed E-state index contributed by atoms with van der Waals surface area (Å²) in [5, 5.41) is 17.1. The van der Waals surface area contributed by atoms with E-state index in [1.807, 2.05) is 0 Å². The Morgan fingerprint density at radius 2 is 2.32 bits per heavy atom. The van der Waals surface area contributed by atoms with Gasteiger partial charge in [0.15, 0.2) is 0 Å². The van der Waals surface area contributed by atoms with Crippen molar-refractivity contribution in [1.82, 2.24) is 0 Å². The van der Waals surface area contributed by atoms with Crippen LogP contribution in [0.3, 0.4) is 0 Å². The van der Waals surface area contributed by atoms with Crippen molar-refractivity contribution in [1.29, 1.82) is 0 Å². The van der Waals surface area contributed by atoms with Crippen LogP contribution in [0.5, 0.6) is 0 Å². The molecule has 0 radical (unpaired) electrons. The molecular formula is C10H14N6O3. The van der Waals surface area contributed by atoms with Gasteiger partial charge in [0.2, 0.25) is 0 Å². The van der Waals surface area contributed by atoms with Gasteiger partial charge in [0, 0.05) is 29.8 Å². The van der Waals surface area contributed by atoms with Crippen LogP contribution in [0.4, 0.5) is 17.1 Å². The monoisotopic (exact) mass is 266 g/mol. The van der Waals surface area contributed by atoms with Crippen molar-refractivity contribution in [3.8, 4) is 0 Å². The Hall–Kier alpha value is -2.35. The maximum absolute atomic E-state index is 10.9. The van der Waals surface area contributed by atoms with E-state index < -0.39 is 4.92 Å². The number of nitrogens with zero attached hydrogens (tertiary/aromatic N) is 4. The maximum Gasteiger partial charge on any atom is 0.292 e. The van der Waals surface area contributed by atoms with Gasteiger partial charge in [0.05, 0.1) is 18.1 Å². The number of ether oxygens (including phenoxy) is 1. The second-order valence-electron chi connectivity index (χ2n) is 3.48. The highest BCUT2D eigenvalue weighted by Crippen LogP contribution is 2.29. The summed E-state index contributed by atoms with van der Waals surface area (Å²) in [5.41, 5.74) is 13.9. The van der Waals surface area contributed by atoms with Crippen molar-refractivity contribution >= 4 is 17.1 Å². The molecule has 0 heterocycles. The summed E-state index contributed by atoms with van der Waals surface area (Å²) >= 11 is 0. The number of hydrogen-bond donors (Lipinski definition) is 2.